The van der Waals surface area contributed by atoms with Gasteiger partial charge >= 0.3 is 24.6 Å². The van der Waals surface area contributed by atoms with E-state index in [9.17, 15) is 49.1 Å². The maximum atomic E-state index is 14.6. The van der Waals surface area contributed by atoms with Gasteiger partial charge in [-0.25, -0.2) is 4.79 Å². The lowest BCUT2D eigenvalue weighted by atomic mass is 9.72. The Bertz CT molecular complexity index is 1890. The first-order valence-corrected chi connectivity index (χ1v) is 16.7. The maximum absolute atomic E-state index is 14.6. The lowest BCUT2D eigenvalue weighted by Gasteiger charge is -2.36. The summed E-state index contributed by atoms with van der Waals surface area (Å²) in [5.74, 6) is -1.22. The minimum atomic E-state index is -5.17. The average Bonchev–Trinajstić information content (AvgIpc) is 3.36. The second kappa shape index (κ2) is 14.5. The van der Waals surface area contributed by atoms with E-state index in [4.69, 9.17) is 14.2 Å². The SMILES string of the molecule is COc1ccc(NC(=O)C(OC)(c2ccccc2)C(F)(F)F)cc1C1=C(CN2C(=O)OC(c3cc(C(F)(F)F)cc(C(F)(F)F)c3)C2C)CC(C)(C)CC1. The Morgan fingerprint density at radius 1 is 0.889 bits per heavy atom. The number of amides is 2. The Balaban J connectivity index is 1.53. The fraction of sp³-hybridized carbons (Fsp3) is 0.421. The number of allylic oxidation sites excluding steroid dienone is 1. The van der Waals surface area contributed by atoms with E-state index in [0.717, 1.165) is 19.2 Å². The Kier molecular flexibility index (Phi) is 10.9. The molecule has 1 saturated heterocycles. The summed E-state index contributed by atoms with van der Waals surface area (Å²) in [5.41, 5.74) is -6.09. The Hall–Kier alpha value is -4.73. The molecule has 3 unspecified atom stereocenters. The Morgan fingerprint density at radius 2 is 1.50 bits per heavy atom. The molecule has 3 aromatic carbocycles. The number of methoxy groups -OCH3 is 2. The number of anilines is 1. The molecule has 0 spiro atoms. The number of nitrogens with zero attached hydrogens (tertiary/aromatic N) is 1. The van der Waals surface area contributed by atoms with Gasteiger partial charge in [0.05, 0.1) is 24.3 Å². The van der Waals surface area contributed by atoms with Crippen molar-refractivity contribution in [2.24, 2.45) is 5.41 Å². The highest BCUT2D eigenvalue weighted by molar-refractivity contribution is 5.99. The van der Waals surface area contributed by atoms with E-state index in [-0.39, 0.29) is 29.5 Å². The van der Waals surface area contributed by atoms with Gasteiger partial charge in [0, 0.05) is 30.5 Å². The summed E-state index contributed by atoms with van der Waals surface area (Å²) < 4.78 is 142. The van der Waals surface area contributed by atoms with Gasteiger partial charge in [-0.3, -0.25) is 9.69 Å². The fourth-order valence-corrected chi connectivity index (χ4v) is 7.06. The summed E-state index contributed by atoms with van der Waals surface area (Å²) in [7, 11) is 2.14. The highest BCUT2D eigenvalue weighted by Gasteiger charge is 2.62. The molecule has 292 valence electrons. The zero-order valence-corrected chi connectivity index (χ0v) is 29.7. The van der Waals surface area contributed by atoms with E-state index in [1.165, 1.54) is 55.3 Å². The number of carbonyl (C=O) groups is 2. The summed E-state index contributed by atoms with van der Waals surface area (Å²) in [6, 6.07) is 10.7. The number of halogens is 9. The standard InChI is InChI=1S/C38H37F9N2O5/c1-21-31(22-15-25(36(39,40)41)17-26(16-22)37(42,43)44)54-33(51)49(21)20-23-19-34(2,3)14-13-28(23)29-18-27(11-12-30(29)52-4)48-32(50)35(53-5,38(45,46)47)24-9-7-6-8-10-24/h6-12,15-18,21,31H,13-14,19-20H2,1-5H3,(H,48,50). The first-order valence-electron chi connectivity index (χ1n) is 16.7. The number of rotatable bonds is 9. The molecule has 0 aromatic heterocycles. The van der Waals surface area contributed by atoms with Crippen LogP contribution in [0.3, 0.4) is 0 Å². The number of nitrogens with one attached hydrogen (secondary N) is 1. The van der Waals surface area contributed by atoms with E-state index in [2.05, 4.69) is 5.32 Å². The molecule has 1 heterocycles. The Labute approximate surface area is 305 Å². The number of cyclic esters (lactones) is 1. The zero-order valence-electron chi connectivity index (χ0n) is 29.7. The van der Waals surface area contributed by atoms with Crippen molar-refractivity contribution in [3.63, 3.8) is 0 Å². The van der Waals surface area contributed by atoms with Crippen molar-refractivity contribution in [2.45, 2.75) is 76.3 Å². The summed E-state index contributed by atoms with van der Waals surface area (Å²) in [5, 5.41) is 2.34. The fourth-order valence-electron chi connectivity index (χ4n) is 7.06. The molecule has 5 rings (SSSR count). The molecule has 1 aliphatic heterocycles. The van der Waals surface area contributed by atoms with Crippen LogP contribution in [-0.2, 0) is 32.2 Å². The number of benzene rings is 3. The number of ether oxygens (including phenoxy) is 3. The van der Waals surface area contributed by atoms with Crippen LogP contribution < -0.4 is 10.1 Å². The van der Waals surface area contributed by atoms with Gasteiger partial charge in [0.15, 0.2) is 0 Å². The van der Waals surface area contributed by atoms with Gasteiger partial charge in [-0.15, -0.1) is 0 Å². The molecule has 0 radical (unpaired) electrons. The molecule has 1 aliphatic carbocycles. The van der Waals surface area contributed by atoms with Crippen LogP contribution in [0.4, 0.5) is 50.0 Å². The number of hydrogen-bond acceptors (Lipinski definition) is 5. The molecule has 3 atom stereocenters. The van der Waals surface area contributed by atoms with Crippen molar-refractivity contribution in [3.8, 4) is 5.75 Å². The molecule has 0 saturated carbocycles. The van der Waals surface area contributed by atoms with Crippen molar-refractivity contribution in [1.29, 1.82) is 0 Å². The lowest BCUT2D eigenvalue weighted by molar-refractivity contribution is -0.263. The summed E-state index contributed by atoms with van der Waals surface area (Å²) >= 11 is 0. The van der Waals surface area contributed by atoms with E-state index in [1.54, 1.807) is 0 Å². The molecule has 2 amide bonds. The highest BCUT2D eigenvalue weighted by Crippen LogP contribution is 2.48. The summed E-state index contributed by atoms with van der Waals surface area (Å²) in [6.07, 6.45) is -16.5. The molecule has 0 bridgehead atoms. The van der Waals surface area contributed by atoms with Crippen LogP contribution in [0.15, 0.2) is 72.3 Å². The van der Waals surface area contributed by atoms with Crippen LogP contribution in [0.2, 0.25) is 0 Å². The minimum absolute atomic E-state index is 0.00608. The van der Waals surface area contributed by atoms with Crippen LogP contribution in [0.1, 0.15) is 74.0 Å². The minimum Gasteiger partial charge on any atom is -0.496 e. The van der Waals surface area contributed by atoms with Crippen molar-refractivity contribution in [1.82, 2.24) is 4.90 Å². The predicted molar refractivity (Wildman–Crippen MR) is 179 cm³/mol. The zero-order chi connectivity index (χ0) is 40.0. The number of carbonyl (C=O) groups excluding carboxylic acids is 2. The van der Waals surface area contributed by atoms with Gasteiger partial charge in [0.25, 0.3) is 11.5 Å². The number of hydrogen-bond donors (Lipinski definition) is 1. The van der Waals surface area contributed by atoms with Crippen LogP contribution in [0.5, 0.6) is 5.75 Å². The molecular formula is C38H37F9N2O5. The second-order valence-electron chi connectivity index (χ2n) is 14.1. The molecule has 7 nitrogen and oxygen atoms in total. The molecular weight excluding hydrogens is 735 g/mol. The van der Waals surface area contributed by atoms with E-state index in [1.807, 2.05) is 13.8 Å². The van der Waals surface area contributed by atoms with Crippen LogP contribution in [0, 0.1) is 5.41 Å². The topological polar surface area (TPSA) is 77.1 Å². The Morgan fingerprint density at radius 3 is 2.04 bits per heavy atom. The van der Waals surface area contributed by atoms with Gasteiger partial charge in [-0.1, -0.05) is 44.2 Å². The third-order valence-corrected chi connectivity index (χ3v) is 9.85. The smallest absolute Gasteiger partial charge is 0.430 e. The first-order chi connectivity index (χ1) is 25.0. The molecule has 54 heavy (non-hydrogen) atoms. The molecule has 16 heteroatoms. The third kappa shape index (κ3) is 7.89. The second-order valence-corrected chi connectivity index (χ2v) is 14.1. The van der Waals surface area contributed by atoms with E-state index >= 15 is 0 Å². The van der Waals surface area contributed by atoms with Crippen LogP contribution in [0.25, 0.3) is 5.57 Å². The third-order valence-electron chi connectivity index (χ3n) is 9.85. The summed E-state index contributed by atoms with van der Waals surface area (Å²) in [4.78, 5) is 28.0. The van der Waals surface area contributed by atoms with Crippen molar-refractivity contribution >= 4 is 23.3 Å². The van der Waals surface area contributed by atoms with Crippen LogP contribution in [-0.4, -0.2) is 49.9 Å². The highest BCUT2D eigenvalue weighted by atomic mass is 19.4. The van der Waals surface area contributed by atoms with Gasteiger partial charge < -0.3 is 19.5 Å². The van der Waals surface area contributed by atoms with Gasteiger partial charge in [-0.2, -0.15) is 39.5 Å². The first kappa shape index (κ1) is 40.5. The van der Waals surface area contributed by atoms with Gasteiger partial charge in [-0.05, 0) is 84.7 Å². The maximum Gasteiger partial charge on any atom is 0.430 e. The van der Waals surface area contributed by atoms with Crippen molar-refractivity contribution in [3.05, 3.63) is 100 Å². The van der Waals surface area contributed by atoms with Gasteiger partial charge in [0.1, 0.15) is 11.9 Å². The van der Waals surface area contributed by atoms with Crippen molar-refractivity contribution < 1.29 is 63.3 Å². The van der Waals surface area contributed by atoms with Gasteiger partial charge in [0.2, 0.25) is 0 Å². The largest absolute Gasteiger partial charge is 0.496 e. The average molecular weight is 773 g/mol. The molecule has 1 N–H and O–H groups in total. The van der Waals surface area contributed by atoms with E-state index in [0.29, 0.717) is 48.1 Å². The molecule has 2 aliphatic rings. The molecule has 3 aromatic rings. The predicted octanol–water partition coefficient (Wildman–Crippen LogP) is 10.3. The van der Waals surface area contributed by atoms with Crippen LogP contribution >= 0.6 is 0 Å². The normalized spacial score (nSPS) is 20.4. The monoisotopic (exact) mass is 772 g/mol. The summed E-state index contributed by atoms with van der Waals surface area (Å²) in [6.45, 7) is 5.25. The van der Waals surface area contributed by atoms with Crippen molar-refractivity contribution in [2.75, 3.05) is 26.1 Å². The quantitative estimate of drug-likeness (QED) is 0.219. The molecule has 1 fully saturated rings. The lowest BCUT2D eigenvalue weighted by Crippen LogP contribution is -2.53. The van der Waals surface area contributed by atoms with E-state index < -0.39 is 70.5 Å². The number of alkyl halides is 9.